The van der Waals surface area contributed by atoms with Crippen molar-refractivity contribution in [3.8, 4) is 5.75 Å². The Bertz CT molecular complexity index is 1480. The molecular formula is C32H28O5P+. The summed E-state index contributed by atoms with van der Waals surface area (Å²) < 4.78 is 11.5. The van der Waals surface area contributed by atoms with Gasteiger partial charge in [-0.3, -0.25) is 4.79 Å². The molecule has 0 bridgehead atoms. The molecular weight excluding hydrogens is 495 g/mol. The van der Waals surface area contributed by atoms with Crippen molar-refractivity contribution in [1.29, 1.82) is 0 Å². The number of fused-ring (bicyclic) bond motifs is 1. The van der Waals surface area contributed by atoms with E-state index in [1.165, 1.54) is 22.0 Å². The van der Waals surface area contributed by atoms with Gasteiger partial charge in [0.25, 0.3) is 0 Å². The predicted octanol–water partition coefficient (Wildman–Crippen LogP) is 5.18. The van der Waals surface area contributed by atoms with E-state index >= 15 is 0 Å². The highest BCUT2D eigenvalue weighted by molar-refractivity contribution is 7.95. The minimum Gasteiger partial charge on any atom is -0.493 e. The van der Waals surface area contributed by atoms with Crippen LogP contribution < -0.4 is 26.3 Å². The highest BCUT2D eigenvalue weighted by atomic mass is 31.2. The summed E-state index contributed by atoms with van der Waals surface area (Å²) in [6.07, 6.45) is 1.50. The van der Waals surface area contributed by atoms with Gasteiger partial charge in [-0.25, -0.2) is 4.79 Å². The van der Waals surface area contributed by atoms with Crippen LogP contribution in [0.3, 0.4) is 0 Å². The number of benzene rings is 4. The van der Waals surface area contributed by atoms with Crippen LogP contribution in [0.25, 0.3) is 11.0 Å². The van der Waals surface area contributed by atoms with E-state index in [1.54, 1.807) is 18.2 Å². The van der Waals surface area contributed by atoms with Gasteiger partial charge in [-0.1, -0.05) is 54.6 Å². The van der Waals surface area contributed by atoms with E-state index < -0.39 is 18.9 Å². The van der Waals surface area contributed by atoms with Crippen LogP contribution in [0.2, 0.25) is 0 Å². The number of hydrogen-bond acceptors (Lipinski definition) is 4. The number of carbonyl (C=O) groups is 1. The van der Waals surface area contributed by atoms with Crippen molar-refractivity contribution in [3.63, 3.8) is 0 Å². The molecule has 1 aromatic heterocycles. The molecule has 1 heterocycles. The van der Waals surface area contributed by atoms with E-state index in [4.69, 9.17) is 9.15 Å². The monoisotopic (exact) mass is 523 g/mol. The Morgan fingerprint density at radius 3 is 1.84 bits per heavy atom. The maximum absolute atomic E-state index is 12.0. The number of hydrogen-bond donors (Lipinski definition) is 1. The predicted molar refractivity (Wildman–Crippen MR) is 154 cm³/mol. The summed E-state index contributed by atoms with van der Waals surface area (Å²) >= 11 is 0. The Hall–Kier alpha value is -4.21. The third kappa shape index (κ3) is 5.39. The quantitative estimate of drug-likeness (QED) is 0.155. The van der Waals surface area contributed by atoms with Crippen LogP contribution in [-0.2, 0) is 11.2 Å². The highest BCUT2D eigenvalue weighted by Crippen LogP contribution is 2.55. The number of carboxylic acid groups (broad SMARTS) is 1. The fraction of sp³-hybridized carbons (Fsp3) is 0.125. The van der Waals surface area contributed by atoms with Gasteiger partial charge in [0.05, 0.1) is 19.2 Å². The maximum Gasteiger partial charge on any atom is 0.336 e. The lowest BCUT2D eigenvalue weighted by Crippen LogP contribution is -2.33. The number of aliphatic carboxylic acids is 1. The van der Waals surface area contributed by atoms with Crippen LogP contribution in [0.1, 0.15) is 12.0 Å². The third-order valence-electron chi connectivity index (χ3n) is 6.64. The summed E-state index contributed by atoms with van der Waals surface area (Å²) in [5.74, 6) is -0.421. The van der Waals surface area contributed by atoms with Gasteiger partial charge in [0.1, 0.15) is 34.5 Å². The van der Waals surface area contributed by atoms with Crippen LogP contribution in [0.5, 0.6) is 5.75 Å². The molecule has 0 aliphatic rings. The fourth-order valence-corrected chi connectivity index (χ4v) is 9.30. The molecule has 5 nitrogen and oxygen atoms in total. The van der Waals surface area contributed by atoms with Gasteiger partial charge in [0.15, 0.2) is 0 Å². The van der Waals surface area contributed by atoms with Gasteiger partial charge in [-0.05, 0) is 54.1 Å². The molecule has 5 rings (SSSR count). The molecule has 0 radical (unpaired) electrons. The molecule has 5 aromatic rings. The molecule has 0 aliphatic carbocycles. The van der Waals surface area contributed by atoms with Crippen molar-refractivity contribution < 1.29 is 19.1 Å². The van der Waals surface area contributed by atoms with Crippen molar-refractivity contribution in [2.75, 3.05) is 12.8 Å². The molecule has 0 unspecified atom stereocenters. The van der Waals surface area contributed by atoms with Crippen LogP contribution in [0.4, 0.5) is 0 Å². The normalized spacial score (nSPS) is 11.4. The first kappa shape index (κ1) is 25.4. The number of ether oxygens (including phenoxy) is 1. The molecule has 190 valence electrons. The van der Waals surface area contributed by atoms with Gasteiger partial charge in [-0.15, -0.1) is 0 Å². The molecule has 0 spiro atoms. The van der Waals surface area contributed by atoms with E-state index in [1.807, 2.05) is 0 Å². The Labute approximate surface area is 221 Å². The number of carboxylic acids is 1. The molecule has 6 heteroatoms. The smallest absolute Gasteiger partial charge is 0.336 e. The van der Waals surface area contributed by atoms with Crippen LogP contribution in [0.15, 0.2) is 124 Å². The highest BCUT2D eigenvalue weighted by Gasteiger charge is 2.44. The molecule has 0 atom stereocenters. The first-order valence-corrected chi connectivity index (χ1v) is 14.5. The van der Waals surface area contributed by atoms with Crippen LogP contribution in [0, 0.1) is 0 Å². The Kier molecular flexibility index (Phi) is 7.67. The molecule has 1 N–H and O–H groups in total. The summed E-state index contributed by atoms with van der Waals surface area (Å²) in [6, 6.07) is 38.6. The van der Waals surface area contributed by atoms with E-state index in [2.05, 4.69) is 91.0 Å². The van der Waals surface area contributed by atoms with Gasteiger partial charge in [0, 0.05) is 23.9 Å². The Morgan fingerprint density at radius 2 is 1.32 bits per heavy atom. The van der Waals surface area contributed by atoms with E-state index in [-0.39, 0.29) is 6.42 Å². The van der Waals surface area contributed by atoms with Crippen molar-refractivity contribution in [2.45, 2.75) is 12.8 Å². The largest absolute Gasteiger partial charge is 0.493 e. The van der Waals surface area contributed by atoms with E-state index in [0.717, 1.165) is 12.6 Å². The van der Waals surface area contributed by atoms with Crippen molar-refractivity contribution in [3.05, 3.63) is 131 Å². The van der Waals surface area contributed by atoms with Gasteiger partial charge < -0.3 is 14.3 Å². The molecule has 4 aromatic carbocycles. The zero-order chi connectivity index (χ0) is 26.4. The van der Waals surface area contributed by atoms with E-state index in [0.29, 0.717) is 28.9 Å². The van der Waals surface area contributed by atoms with E-state index in [9.17, 15) is 14.7 Å². The lowest BCUT2D eigenvalue weighted by Gasteiger charge is -2.27. The minimum atomic E-state index is -1.94. The van der Waals surface area contributed by atoms with Gasteiger partial charge >= 0.3 is 11.6 Å². The molecule has 0 aliphatic heterocycles. The zero-order valence-electron chi connectivity index (χ0n) is 20.8. The second-order valence-electron chi connectivity index (χ2n) is 9.06. The van der Waals surface area contributed by atoms with Crippen LogP contribution in [-0.4, -0.2) is 23.8 Å². The SMILES string of the molecule is O=C(O)Cc1cc(=O)oc2cc(OCCC[P+](c3ccccc3)(c3ccccc3)c3ccccc3)ccc12. The van der Waals surface area contributed by atoms with Crippen molar-refractivity contribution >= 4 is 40.1 Å². The molecule has 0 fully saturated rings. The fourth-order valence-electron chi connectivity index (χ4n) is 4.98. The Balaban J connectivity index is 1.42. The molecule has 0 saturated heterocycles. The van der Waals surface area contributed by atoms with Crippen molar-refractivity contribution in [1.82, 2.24) is 0 Å². The third-order valence-corrected chi connectivity index (χ3v) is 11.2. The second-order valence-corrected chi connectivity index (χ2v) is 12.7. The van der Waals surface area contributed by atoms with Crippen molar-refractivity contribution in [2.24, 2.45) is 0 Å². The summed E-state index contributed by atoms with van der Waals surface area (Å²) in [6.45, 7) is 0.485. The topological polar surface area (TPSA) is 76.7 Å². The summed E-state index contributed by atoms with van der Waals surface area (Å²) in [7, 11) is -1.94. The average molecular weight is 524 g/mol. The average Bonchev–Trinajstić information content (AvgIpc) is 2.94. The standard InChI is InChI=1S/C32H27O5P/c33-31(34)21-24-22-32(35)37-30-23-25(17-18-29(24)30)36-19-10-20-38(26-11-4-1-5-12-26,27-13-6-2-7-14-27)28-15-8-3-9-16-28/h1-9,11-18,22-23H,10,19-21H2/p+1. The maximum atomic E-state index is 12.0. The first-order valence-electron chi connectivity index (χ1n) is 12.5. The summed E-state index contributed by atoms with van der Waals surface area (Å²) in [5.41, 5.74) is 0.179. The van der Waals surface area contributed by atoms with Gasteiger partial charge in [0.2, 0.25) is 0 Å². The molecule has 0 saturated carbocycles. The molecule has 0 amide bonds. The minimum absolute atomic E-state index is 0.244. The summed E-state index contributed by atoms with van der Waals surface area (Å²) in [5, 5.41) is 13.8. The van der Waals surface area contributed by atoms with Gasteiger partial charge in [-0.2, -0.15) is 0 Å². The Morgan fingerprint density at radius 1 is 0.763 bits per heavy atom. The number of rotatable bonds is 10. The lowest BCUT2D eigenvalue weighted by atomic mass is 10.1. The second kappa shape index (κ2) is 11.5. The first-order chi connectivity index (χ1) is 18.6. The molecule has 38 heavy (non-hydrogen) atoms. The lowest BCUT2D eigenvalue weighted by molar-refractivity contribution is -0.136. The zero-order valence-corrected chi connectivity index (χ0v) is 21.7. The van der Waals surface area contributed by atoms with Crippen LogP contribution >= 0.6 is 7.26 Å². The summed E-state index contributed by atoms with van der Waals surface area (Å²) in [4.78, 5) is 23.2.